The Morgan fingerprint density at radius 2 is 1.84 bits per heavy atom. The van der Waals surface area contributed by atoms with E-state index in [4.69, 9.17) is 0 Å². The van der Waals surface area contributed by atoms with Crippen LogP contribution < -0.4 is 5.43 Å². The van der Waals surface area contributed by atoms with E-state index < -0.39 is 13.8 Å². The van der Waals surface area contributed by atoms with Crippen molar-refractivity contribution in [1.29, 1.82) is 0 Å². The van der Waals surface area contributed by atoms with Gasteiger partial charge in [0.05, 0.1) is 0 Å². The summed E-state index contributed by atoms with van der Waals surface area (Å²) in [4.78, 5) is 2.32. The van der Waals surface area contributed by atoms with Gasteiger partial charge in [-0.1, -0.05) is 0 Å². The van der Waals surface area contributed by atoms with Gasteiger partial charge in [0.25, 0.3) is 0 Å². The number of hydrogen-bond acceptors (Lipinski definition) is 2. The molecule has 0 aliphatic heterocycles. The van der Waals surface area contributed by atoms with Gasteiger partial charge in [-0.05, 0) is 0 Å². The number of allylic oxidation sites excluding steroid dienone is 2. The summed E-state index contributed by atoms with van der Waals surface area (Å²) in [6, 6.07) is 10.1. The summed E-state index contributed by atoms with van der Waals surface area (Å²) in [6.07, 6.45) is 6.94. The molecule has 1 aliphatic rings. The fourth-order valence-electron chi connectivity index (χ4n) is 2.14. The topological polar surface area (TPSA) is 24.4 Å². The van der Waals surface area contributed by atoms with Crippen LogP contribution in [-0.2, 0) is 0 Å². The van der Waals surface area contributed by atoms with E-state index >= 15 is 0 Å². The van der Waals surface area contributed by atoms with E-state index in [0.717, 1.165) is 12.1 Å². The van der Waals surface area contributed by atoms with Crippen LogP contribution in [-0.4, -0.2) is 20.0 Å². The van der Waals surface area contributed by atoms with Crippen molar-refractivity contribution in [3.63, 3.8) is 0 Å². The number of nitrogens with zero attached hydrogens (tertiary/aromatic N) is 1. The van der Waals surface area contributed by atoms with E-state index in [1.807, 2.05) is 36.5 Å². The predicted molar refractivity (Wildman–Crippen MR) is 93.5 cm³/mol. The predicted octanol–water partition coefficient (Wildman–Crippen LogP) is 5.36. The number of benzene rings is 1. The molecule has 2 rings (SSSR count). The maximum absolute atomic E-state index is 4.38. The normalized spacial score (nSPS) is 17.8. The van der Waals surface area contributed by atoms with Crippen molar-refractivity contribution in [3.05, 3.63) is 39.5 Å². The van der Waals surface area contributed by atoms with Crippen molar-refractivity contribution >= 4 is 51.2 Å². The summed E-state index contributed by atoms with van der Waals surface area (Å²) in [5.41, 5.74) is 5.53. The first-order valence-corrected chi connectivity index (χ1v) is 20.3. The number of halogens is 2. The van der Waals surface area contributed by atoms with E-state index in [2.05, 4.69) is 41.0 Å². The minimum atomic E-state index is -2.10. The Labute approximate surface area is 131 Å². The second-order valence-electron chi connectivity index (χ2n) is 4.62. The zero-order chi connectivity index (χ0) is 13.7. The minimum absolute atomic E-state index is 1.03. The van der Waals surface area contributed by atoms with Crippen LogP contribution in [0, 0.1) is 0 Å². The Hall–Kier alpha value is 0.180. The van der Waals surface area contributed by atoms with Crippen LogP contribution in [0.2, 0.25) is 4.97 Å². The molecule has 1 aromatic rings. The number of rotatable bonds is 4. The van der Waals surface area contributed by atoms with E-state index in [9.17, 15) is 0 Å². The molecule has 0 amide bonds. The molecule has 5 heteroatoms. The van der Waals surface area contributed by atoms with Crippen LogP contribution in [0.3, 0.4) is 0 Å². The Morgan fingerprint density at radius 3 is 2.53 bits per heavy atom. The molecule has 1 N–H and O–H groups in total. The van der Waals surface area contributed by atoms with Crippen LogP contribution in [0.25, 0.3) is 0 Å². The second kappa shape index (κ2) is 7.26. The molecule has 0 saturated carbocycles. The third-order valence-electron chi connectivity index (χ3n) is 3.08. The molecule has 0 heterocycles. The van der Waals surface area contributed by atoms with Gasteiger partial charge in [0.2, 0.25) is 0 Å². The van der Waals surface area contributed by atoms with E-state index in [0.29, 0.717) is 0 Å². The summed E-state index contributed by atoms with van der Waals surface area (Å²) in [6.45, 7) is 0. The Kier molecular flexibility index (Phi) is 5.95. The number of hydrogen-bond donors (Lipinski definition) is 1. The van der Waals surface area contributed by atoms with E-state index in [1.54, 1.807) is 3.62 Å². The average Bonchev–Trinajstić information content (AvgIpc) is 2.39. The van der Waals surface area contributed by atoms with Crippen LogP contribution in [0.15, 0.2) is 44.6 Å². The van der Waals surface area contributed by atoms with Gasteiger partial charge in [0.1, 0.15) is 0 Å². The van der Waals surface area contributed by atoms with Crippen LogP contribution in [0.1, 0.15) is 25.7 Å². The molecular weight excluding hydrogens is 484 g/mol. The number of para-hydroxylation sites is 1. The summed E-state index contributed by atoms with van der Waals surface area (Å²) in [5, 5.41) is 4.38. The molecule has 0 saturated heterocycles. The Morgan fingerprint density at radius 1 is 1.16 bits per heavy atom. The number of nitrogens with one attached hydrogen (secondary N) is 1. The molecule has 1 aromatic carbocycles. The van der Waals surface area contributed by atoms with Gasteiger partial charge >= 0.3 is 132 Å². The van der Waals surface area contributed by atoms with Crippen molar-refractivity contribution in [2.45, 2.75) is 30.7 Å². The van der Waals surface area contributed by atoms with Crippen molar-refractivity contribution < 1.29 is 0 Å². The SMILES string of the molecule is C[Te](Br)(Br)C1=C(/C=N\Nc2ccccc2)CCCC1. The zero-order valence-electron chi connectivity index (χ0n) is 10.9. The van der Waals surface area contributed by atoms with Crippen LogP contribution in [0.5, 0.6) is 0 Å². The monoisotopic (exact) mass is 502 g/mol. The maximum atomic E-state index is 4.38. The Bertz CT molecular complexity index is 478. The molecule has 1 aliphatic carbocycles. The summed E-state index contributed by atoms with van der Waals surface area (Å²) in [7, 11) is 0. The van der Waals surface area contributed by atoms with Gasteiger partial charge in [-0.15, -0.1) is 0 Å². The zero-order valence-corrected chi connectivity index (χ0v) is 16.4. The van der Waals surface area contributed by atoms with Gasteiger partial charge in [-0.3, -0.25) is 0 Å². The third-order valence-corrected chi connectivity index (χ3v) is 12.1. The standard InChI is InChI=1S/C14H18Br2N2Te/c1-19(15,16)14-10-6-5-7-12(14)11-17-18-13-8-3-2-4-9-13/h2-4,8-9,11,18H,5-7,10H2,1H3/b17-11-. The summed E-state index contributed by atoms with van der Waals surface area (Å²) >= 11 is 5.67. The summed E-state index contributed by atoms with van der Waals surface area (Å²) < 4.78 is 1.59. The fraction of sp³-hybridized carbons (Fsp3) is 0.357. The molecule has 19 heavy (non-hydrogen) atoms. The van der Waals surface area contributed by atoms with Gasteiger partial charge in [0.15, 0.2) is 0 Å². The van der Waals surface area contributed by atoms with Gasteiger partial charge in [0, 0.05) is 0 Å². The number of anilines is 1. The third kappa shape index (κ3) is 4.90. The quantitative estimate of drug-likeness (QED) is 0.335. The molecule has 0 bridgehead atoms. The molecule has 0 atom stereocenters. The first-order chi connectivity index (χ1) is 9.07. The fourth-order valence-corrected chi connectivity index (χ4v) is 10.3. The molecule has 0 unspecified atom stereocenters. The van der Waals surface area contributed by atoms with Crippen LogP contribution >= 0.6 is 25.5 Å². The molecular formula is C14H18Br2N2Te. The molecule has 104 valence electrons. The van der Waals surface area contributed by atoms with Gasteiger partial charge in [-0.2, -0.15) is 0 Å². The first-order valence-electron chi connectivity index (χ1n) is 6.31. The van der Waals surface area contributed by atoms with Gasteiger partial charge in [-0.25, -0.2) is 0 Å². The second-order valence-corrected chi connectivity index (χ2v) is 33.4. The van der Waals surface area contributed by atoms with Crippen molar-refractivity contribution in [3.8, 4) is 0 Å². The molecule has 2 nitrogen and oxygen atoms in total. The Balaban J connectivity index is 2.09. The molecule has 0 fully saturated rings. The van der Waals surface area contributed by atoms with Crippen molar-refractivity contribution in [2.24, 2.45) is 5.10 Å². The molecule has 0 spiro atoms. The molecule has 0 radical (unpaired) electrons. The van der Waals surface area contributed by atoms with Gasteiger partial charge < -0.3 is 0 Å². The first kappa shape index (κ1) is 15.6. The van der Waals surface area contributed by atoms with Crippen molar-refractivity contribution in [1.82, 2.24) is 0 Å². The van der Waals surface area contributed by atoms with E-state index in [1.165, 1.54) is 24.8 Å². The number of hydrazone groups is 1. The van der Waals surface area contributed by atoms with Crippen LogP contribution in [0.4, 0.5) is 5.69 Å². The summed E-state index contributed by atoms with van der Waals surface area (Å²) in [5.74, 6) is 0. The van der Waals surface area contributed by atoms with Crippen molar-refractivity contribution in [2.75, 3.05) is 5.43 Å². The average molecular weight is 502 g/mol. The molecule has 0 aromatic heterocycles. The van der Waals surface area contributed by atoms with E-state index in [-0.39, 0.29) is 0 Å².